The molecular formula is C17H21N3O. The lowest BCUT2D eigenvalue weighted by Crippen LogP contribution is -2.41. The highest BCUT2D eigenvalue weighted by Gasteiger charge is 2.30. The zero-order valence-electron chi connectivity index (χ0n) is 12.6. The first-order valence-corrected chi connectivity index (χ1v) is 6.98. The van der Waals surface area contributed by atoms with Crippen molar-refractivity contribution < 1.29 is 4.79 Å². The van der Waals surface area contributed by atoms with Crippen LogP contribution in [-0.2, 0) is 10.2 Å². The van der Waals surface area contributed by atoms with Crippen molar-refractivity contribution in [3.63, 3.8) is 0 Å². The number of carbonyl (C=O) groups excluding carboxylic acids is 1. The monoisotopic (exact) mass is 283 g/mol. The van der Waals surface area contributed by atoms with Gasteiger partial charge in [-0.25, -0.2) is 0 Å². The zero-order valence-corrected chi connectivity index (χ0v) is 12.6. The molecule has 2 rings (SSSR count). The molecule has 21 heavy (non-hydrogen) atoms. The molecule has 1 aromatic heterocycles. The molecule has 2 aromatic rings. The SMILES string of the molecule is CC(NC(=O)C(C)(C)c1ccc(N)cc1)c1cccnc1. The van der Waals surface area contributed by atoms with Crippen LogP contribution in [0.3, 0.4) is 0 Å². The quantitative estimate of drug-likeness (QED) is 0.848. The Hall–Kier alpha value is -2.36. The molecule has 1 heterocycles. The van der Waals surface area contributed by atoms with Gasteiger partial charge >= 0.3 is 0 Å². The molecule has 3 N–H and O–H groups in total. The van der Waals surface area contributed by atoms with Crippen molar-refractivity contribution in [2.75, 3.05) is 5.73 Å². The first kappa shape index (κ1) is 15.0. The number of amides is 1. The smallest absolute Gasteiger partial charge is 0.230 e. The van der Waals surface area contributed by atoms with Crippen molar-refractivity contribution in [1.82, 2.24) is 10.3 Å². The van der Waals surface area contributed by atoms with E-state index in [9.17, 15) is 4.79 Å². The van der Waals surface area contributed by atoms with Crippen LogP contribution >= 0.6 is 0 Å². The van der Waals surface area contributed by atoms with Gasteiger partial charge < -0.3 is 11.1 Å². The Balaban J connectivity index is 2.13. The molecular weight excluding hydrogens is 262 g/mol. The van der Waals surface area contributed by atoms with Crippen LogP contribution in [0.15, 0.2) is 48.8 Å². The standard InChI is InChI=1S/C17H21N3O/c1-12(13-5-4-10-19-11-13)20-16(21)17(2,3)14-6-8-15(18)9-7-14/h4-12H,18H2,1-3H3,(H,20,21). The summed E-state index contributed by atoms with van der Waals surface area (Å²) in [6.07, 6.45) is 3.48. The Morgan fingerprint density at radius 2 is 1.90 bits per heavy atom. The largest absolute Gasteiger partial charge is 0.399 e. The first-order chi connectivity index (χ1) is 9.91. The topological polar surface area (TPSA) is 68.0 Å². The summed E-state index contributed by atoms with van der Waals surface area (Å²) in [7, 11) is 0. The maximum Gasteiger partial charge on any atom is 0.230 e. The van der Waals surface area contributed by atoms with Crippen molar-refractivity contribution in [1.29, 1.82) is 0 Å². The van der Waals surface area contributed by atoms with Crippen LogP contribution in [0.25, 0.3) is 0 Å². The number of pyridine rings is 1. The van der Waals surface area contributed by atoms with Crippen LogP contribution in [0.4, 0.5) is 5.69 Å². The Morgan fingerprint density at radius 1 is 1.24 bits per heavy atom. The van der Waals surface area contributed by atoms with Crippen LogP contribution in [0.2, 0.25) is 0 Å². The molecule has 1 unspecified atom stereocenters. The number of aromatic nitrogens is 1. The van der Waals surface area contributed by atoms with E-state index in [1.165, 1.54) is 0 Å². The number of nitrogens with zero attached hydrogens (tertiary/aromatic N) is 1. The molecule has 0 radical (unpaired) electrons. The Bertz CT molecular complexity index is 606. The highest BCUT2D eigenvalue weighted by atomic mass is 16.2. The van der Waals surface area contributed by atoms with Crippen LogP contribution < -0.4 is 11.1 Å². The minimum atomic E-state index is -0.621. The summed E-state index contributed by atoms with van der Waals surface area (Å²) in [5.74, 6) is -0.0244. The van der Waals surface area contributed by atoms with E-state index in [1.807, 2.05) is 57.2 Å². The van der Waals surface area contributed by atoms with E-state index in [-0.39, 0.29) is 11.9 Å². The van der Waals surface area contributed by atoms with Gasteiger partial charge in [0.05, 0.1) is 11.5 Å². The third-order valence-corrected chi connectivity index (χ3v) is 3.73. The zero-order chi connectivity index (χ0) is 15.5. The number of hydrogen-bond donors (Lipinski definition) is 2. The second-order valence-corrected chi connectivity index (χ2v) is 5.73. The number of carbonyl (C=O) groups is 1. The molecule has 0 aliphatic rings. The van der Waals surface area contributed by atoms with Gasteiger partial charge in [-0.3, -0.25) is 9.78 Å². The van der Waals surface area contributed by atoms with E-state index in [4.69, 9.17) is 5.73 Å². The van der Waals surface area contributed by atoms with E-state index < -0.39 is 5.41 Å². The van der Waals surface area contributed by atoms with E-state index >= 15 is 0 Å². The highest BCUT2D eigenvalue weighted by molar-refractivity contribution is 5.87. The molecule has 0 fully saturated rings. The molecule has 1 aromatic carbocycles. The number of rotatable bonds is 4. The molecule has 0 spiro atoms. The second-order valence-electron chi connectivity index (χ2n) is 5.73. The summed E-state index contributed by atoms with van der Waals surface area (Å²) in [6.45, 7) is 5.77. The molecule has 0 saturated heterocycles. The summed E-state index contributed by atoms with van der Waals surface area (Å²) < 4.78 is 0. The summed E-state index contributed by atoms with van der Waals surface area (Å²) >= 11 is 0. The minimum Gasteiger partial charge on any atom is -0.399 e. The van der Waals surface area contributed by atoms with E-state index in [1.54, 1.807) is 12.4 Å². The average Bonchev–Trinajstić information content (AvgIpc) is 2.48. The van der Waals surface area contributed by atoms with Crippen LogP contribution in [-0.4, -0.2) is 10.9 Å². The summed E-state index contributed by atoms with van der Waals surface area (Å²) in [5, 5.41) is 3.04. The minimum absolute atomic E-state index is 0.0244. The van der Waals surface area contributed by atoms with Gasteiger partial charge in [-0.1, -0.05) is 18.2 Å². The molecule has 4 nitrogen and oxygen atoms in total. The Morgan fingerprint density at radius 3 is 2.48 bits per heavy atom. The maximum atomic E-state index is 12.6. The average molecular weight is 283 g/mol. The number of nitrogen functional groups attached to an aromatic ring is 1. The molecule has 0 bridgehead atoms. The van der Waals surface area contributed by atoms with Crippen LogP contribution in [0.5, 0.6) is 0 Å². The van der Waals surface area contributed by atoms with Gasteiger partial charge in [0, 0.05) is 18.1 Å². The second kappa shape index (κ2) is 5.95. The van der Waals surface area contributed by atoms with Crippen molar-refractivity contribution in [3.8, 4) is 0 Å². The normalized spacial score (nSPS) is 12.7. The predicted molar refractivity (Wildman–Crippen MR) is 84.7 cm³/mol. The molecule has 1 amide bonds. The van der Waals surface area contributed by atoms with Crippen LogP contribution in [0.1, 0.15) is 37.9 Å². The first-order valence-electron chi connectivity index (χ1n) is 6.98. The van der Waals surface area contributed by atoms with Crippen molar-refractivity contribution in [3.05, 3.63) is 59.9 Å². The van der Waals surface area contributed by atoms with Gasteiger partial charge in [-0.05, 0) is 50.1 Å². The molecule has 110 valence electrons. The summed E-state index contributed by atoms with van der Waals surface area (Å²) in [6, 6.07) is 11.1. The van der Waals surface area contributed by atoms with E-state index in [2.05, 4.69) is 10.3 Å². The Kier molecular flexibility index (Phi) is 4.26. The van der Waals surface area contributed by atoms with Crippen molar-refractivity contribution in [2.24, 2.45) is 0 Å². The van der Waals surface area contributed by atoms with E-state index in [0.717, 1.165) is 11.1 Å². The Labute approximate surface area is 125 Å². The predicted octanol–water partition coefficient (Wildman–Crippen LogP) is 2.82. The summed E-state index contributed by atoms with van der Waals surface area (Å²) in [4.78, 5) is 16.6. The summed E-state index contributed by atoms with van der Waals surface area (Å²) in [5.41, 5.74) is 7.69. The van der Waals surface area contributed by atoms with Gasteiger partial charge in [0.1, 0.15) is 0 Å². The van der Waals surface area contributed by atoms with Gasteiger partial charge in [0.2, 0.25) is 5.91 Å². The highest BCUT2D eigenvalue weighted by Crippen LogP contribution is 2.25. The third kappa shape index (κ3) is 3.40. The third-order valence-electron chi connectivity index (χ3n) is 3.73. The van der Waals surface area contributed by atoms with Gasteiger partial charge in [-0.2, -0.15) is 0 Å². The number of anilines is 1. The maximum absolute atomic E-state index is 12.6. The van der Waals surface area contributed by atoms with Gasteiger partial charge in [-0.15, -0.1) is 0 Å². The number of hydrogen-bond acceptors (Lipinski definition) is 3. The number of benzene rings is 1. The molecule has 0 aliphatic carbocycles. The lowest BCUT2D eigenvalue weighted by atomic mass is 9.83. The fourth-order valence-electron chi connectivity index (χ4n) is 2.12. The molecule has 1 atom stereocenters. The van der Waals surface area contributed by atoms with Gasteiger partial charge in [0.25, 0.3) is 0 Å². The van der Waals surface area contributed by atoms with Crippen LogP contribution in [0, 0.1) is 0 Å². The van der Waals surface area contributed by atoms with Crippen molar-refractivity contribution in [2.45, 2.75) is 32.2 Å². The number of nitrogens with two attached hydrogens (primary N) is 1. The lowest BCUT2D eigenvalue weighted by molar-refractivity contribution is -0.126. The fourth-order valence-corrected chi connectivity index (χ4v) is 2.12. The molecule has 0 aliphatic heterocycles. The molecule has 4 heteroatoms. The number of nitrogens with one attached hydrogen (secondary N) is 1. The fraction of sp³-hybridized carbons (Fsp3) is 0.294. The molecule has 0 saturated carbocycles. The lowest BCUT2D eigenvalue weighted by Gasteiger charge is -2.26. The van der Waals surface area contributed by atoms with Crippen molar-refractivity contribution >= 4 is 11.6 Å². The van der Waals surface area contributed by atoms with Gasteiger partial charge in [0.15, 0.2) is 0 Å². The van der Waals surface area contributed by atoms with E-state index in [0.29, 0.717) is 5.69 Å².